The van der Waals surface area contributed by atoms with Crippen LogP contribution in [0.25, 0.3) is 0 Å². The lowest BCUT2D eigenvalue weighted by atomic mass is 10.3. The Morgan fingerprint density at radius 1 is 1.38 bits per heavy atom. The summed E-state index contributed by atoms with van der Waals surface area (Å²) in [6.45, 7) is 17.5. The Morgan fingerprint density at radius 3 is 2.69 bits per heavy atom. The van der Waals surface area contributed by atoms with Gasteiger partial charge in [0.15, 0.2) is 0 Å². The summed E-state index contributed by atoms with van der Waals surface area (Å²) < 4.78 is 4.98. The molecule has 1 atom stereocenters. The molecule has 1 aromatic heterocycles. The summed E-state index contributed by atoms with van der Waals surface area (Å²) >= 11 is 0. The van der Waals surface area contributed by atoms with Crippen LogP contribution in [0, 0.1) is 0 Å². The first-order chi connectivity index (χ1) is 15.4. The summed E-state index contributed by atoms with van der Waals surface area (Å²) in [7, 11) is 0. The molecule has 0 saturated carbocycles. The molecule has 0 aromatic carbocycles. The van der Waals surface area contributed by atoms with Crippen LogP contribution in [0.15, 0.2) is 90.4 Å². The molecule has 0 aliphatic carbocycles. The first-order valence-electron chi connectivity index (χ1n) is 10.2. The molecule has 8 heteroatoms. The number of aliphatic hydroxyl groups excluding tert-OH is 1. The van der Waals surface area contributed by atoms with Gasteiger partial charge in [0.25, 0.3) is 5.56 Å². The van der Waals surface area contributed by atoms with E-state index in [0.717, 1.165) is 6.42 Å². The first-order valence-corrected chi connectivity index (χ1v) is 10.2. The zero-order valence-corrected chi connectivity index (χ0v) is 19.2. The number of allylic oxidation sites excluding steroid dienone is 6. The van der Waals surface area contributed by atoms with Crippen molar-refractivity contribution in [3.63, 3.8) is 0 Å². The van der Waals surface area contributed by atoms with Gasteiger partial charge in [-0.1, -0.05) is 50.1 Å². The molecule has 174 valence electrons. The number of ether oxygens (including phenoxy) is 1. The van der Waals surface area contributed by atoms with E-state index in [1.807, 2.05) is 32.9 Å². The second-order valence-corrected chi connectivity index (χ2v) is 6.07. The quantitative estimate of drug-likeness (QED) is 0.0810. The maximum Gasteiger partial charge on any atom is 0.259 e. The molecule has 0 radical (unpaired) electrons. The van der Waals surface area contributed by atoms with Gasteiger partial charge in [-0.25, -0.2) is 9.99 Å². The number of hydrazone groups is 1. The minimum Gasteiger partial charge on any atom is -0.466 e. The molecule has 1 heterocycles. The number of nitrogens with zero attached hydrogens (tertiary/aromatic N) is 3. The van der Waals surface area contributed by atoms with Crippen LogP contribution >= 0.6 is 0 Å². The summed E-state index contributed by atoms with van der Waals surface area (Å²) in [5, 5.41) is 18.5. The number of hydrogen-bond donors (Lipinski definition) is 3. The van der Waals surface area contributed by atoms with Gasteiger partial charge in [0.2, 0.25) is 5.95 Å². The Morgan fingerprint density at radius 2 is 2.12 bits per heavy atom. The number of H-pyrrole nitrogens is 1. The highest BCUT2D eigenvalue weighted by Gasteiger charge is 2.13. The molecule has 1 rings (SSSR count). The van der Waals surface area contributed by atoms with E-state index in [-0.39, 0.29) is 5.56 Å². The molecule has 8 nitrogen and oxygen atoms in total. The van der Waals surface area contributed by atoms with Crippen LogP contribution in [0.5, 0.6) is 0 Å². The predicted octanol–water partition coefficient (Wildman–Crippen LogP) is 4.11. The van der Waals surface area contributed by atoms with Crippen molar-refractivity contribution in [3.8, 4) is 0 Å². The van der Waals surface area contributed by atoms with Crippen LogP contribution in [0.3, 0.4) is 0 Å². The van der Waals surface area contributed by atoms with Crippen LogP contribution < -0.4 is 15.9 Å². The van der Waals surface area contributed by atoms with E-state index in [0.29, 0.717) is 24.8 Å². The molecule has 0 aliphatic heterocycles. The van der Waals surface area contributed by atoms with Gasteiger partial charge in [-0.05, 0) is 39.3 Å². The highest BCUT2D eigenvalue weighted by atomic mass is 16.5. The van der Waals surface area contributed by atoms with E-state index in [2.05, 4.69) is 40.1 Å². The van der Waals surface area contributed by atoms with Crippen molar-refractivity contribution in [2.45, 2.75) is 33.4 Å². The fourth-order valence-electron chi connectivity index (χ4n) is 2.09. The second kappa shape index (κ2) is 18.3. The maximum atomic E-state index is 12.1. The summed E-state index contributed by atoms with van der Waals surface area (Å²) in [5.41, 5.74) is -0.226. The van der Waals surface area contributed by atoms with Gasteiger partial charge < -0.3 is 9.84 Å². The molecule has 0 amide bonds. The van der Waals surface area contributed by atoms with Gasteiger partial charge in [0.1, 0.15) is 12.0 Å². The van der Waals surface area contributed by atoms with Gasteiger partial charge in [-0.15, -0.1) is 0 Å². The van der Waals surface area contributed by atoms with Crippen LogP contribution in [-0.4, -0.2) is 34.4 Å². The summed E-state index contributed by atoms with van der Waals surface area (Å²) in [6, 6.07) is 0. The van der Waals surface area contributed by atoms with Gasteiger partial charge >= 0.3 is 0 Å². The van der Waals surface area contributed by atoms with E-state index in [4.69, 9.17) is 4.74 Å². The van der Waals surface area contributed by atoms with Crippen LogP contribution in [0.4, 0.5) is 5.95 Å². The number of aromatic amines is 1. The van der Waals surface area contributed by atoms with E-state index in [9.17, 15) is 9.90 Å². The number of nitrogens with one attached hydrogen (secondary N) is 2. The molecule has 32 heavy (non-hydrogen) atoms. The van der Waals surface area contributed by atoms with Crippen molar-refractivity contribution in [1.29, 1.82) is 0 Å². The minimum atomic E-state index is -1.05. The van der Waals surface area contributed by atoms with E-state index in [1.54, 1.807) is 30.6 Å². The van der Waals surface area contributed by atoms with Crippen LogP contribution in [-0.2, 0) is 4.74 Å². The van der Waals surface area contributed by atoms with Gasteiger partial charge in [-0.3, -0.25) is 15.1 Å². The average molecular weight is 442 g/mol. The lowest BCUT2D eigenvalue weighted by Gasteiger charge is -2.16. The van der Waals surface area contributed by atoms with Gasteiger partial charge in [0.05, 0.1) is 11.8 Å². The van der Waals surface area contributed by atoms with Crippen molar-refractivity contribution in [1.82, 2.24) is 15.3 Å². The molecule has 0 fully saturated rings. The van der Waals surface area contributed by atoms with E-state index in [1.165, 1.54) is 23.5 Å². The Kier molecular flexibility index (Phi) is 16.3. The highest BCUT2D eigenvalue weighted by molar-refractivity contribution is 5.71. The summed E-state index contributed by atoms with van der Waals surface area (Å²) in [5.74, 6) is 0.925. The zero-order chi connectivity index (χ0) is 24.2. The molecule has 3 N–H and O–H groups in total. The van der Waals surface area contributed by atoms with Crippen molar-refractivity contribution in [2.24, 2.45) is 5.10 Å². The van der Waals surface area contributed by atoms with E-state index >= 15 is 0 Å². The predicted molar refractivity (Wildman–Crippen MR) is 133 cm³/mol. The van der Waals surface area contributed by atoms with Gasteiger partial charge in [0, 0.05) is 25.5 Å². The first kappa shape index (κ1) is 28.5. The largest absolute Gasteiger partial charge is 0.466 e. The average Bonchev–Trinajstić information content (AvgIpc) is 2.80. The molecule has 0 bridgehead atoms. The number of anilines is 1. The number of aliphatic hydroxyl groups is 1. The van der Waals surface area contributed by atoms with Crippen LogP contribution in [0.2, 0.25) is 0 Å². The fraction of sp³-hybridized carbons (Fsp3) is 0.292. The van der Waals surface area contributed by atoms with Crippen molar-refractivity contribution in [2.75, 3.05) is 18.1 Å². The van der Waals surface area contributed by atoms with Crippen LogP contribution in [0.1, 0.15) is 39.0 Å². The minimum absolute atomic E-state index is 0.174. The standard InChI is InChI=1S/C15H23N5O2.C9H12O/c1-4-7-8-10-16-13(21)12-11-17-15(19-14(12)22)20(6-3)18-9-5-2;1-4-6-7-9(3)10-8-5-2/h4-5,7,9,11,13,16,21H,2,6,8,10H2,1,3H3,(H,17,19,22);4-8H,1,3H2,2H3/b7-4-,18-9-;7-6-,8-5+. The lowest BCUT2D eigenvalue weighted by Crippen LogP contribution is -2.30. The Hall–Kier alpha value is -3.49. The SMILES string of the molecule is C=C/C=C\C(=C)O/C=C/C.C=C/C=N\N(CC)c1ncc(C(O)NCC/C=C\C)c(=O)[nH]1. The Bertz CT molecular complexity index is 869. The maximum absolute atomic E-state index is 12.1. The fourth-order valence-corrected chi connectivity index (χ4v) is 2.09. The molecular weight excluding hydrogens is 406 g/mol. The number of hydrogen-bond acceptors (Lipinski definition) is 7. The molecule has 0 aliphatic rings. The summed E-state index contributed by atoms with van der Waals surface area (Å²) in [6.07, 6.45) is 16.6. The second-order valence-electron chi connectivity index (χ2n) is 6.07. The topological polar surface area (TPSA) is 103 Å². The number of aromatic nitrogens is 2. The van der Waals surface area contributed by atoms with Crippen molar-refractivity contribution in [3.05, 3.63) is 96.4 Å². The smallest absolute Gasteiger partial charge is 0.259 e. The van der Waals surface area contributed by atoms with E-state index < -0.39 is 11.8 Å². The summed E-state index contributed by atoms with van der Waals surface area (Å²) in [4.78, 5) is 18.8. The van der Waals surface area contributed by atoms with Crippen molar-refractivity contribution < 1.29 is 9.84 Å². The van der Waals surface area contributed by atoms with Gasteiger partial charge in [-0.2, -0.15) is 5.10 Å². The monoisotopic (exact) mass is 441 g/mol. The third-order valence-electron chi connectivity index (χ3n) is 3.62. The Labute approximate surface area is 190 Å². The molecule has 0 spiro atoms. The van der Waals surface area contributed by atoms with Crippen molar-refractivity contribution >= 4 is 12.2 Å². The highest BCUT2D eigenvalue weighted by Crippen LogP contribution is 2.08. The molecular formula is C24H35N5O3. The third-order valence-corrected chi connectivity index (χ3v) is 3.62. The Balaban J connectivity index is 0.000000809. The number of rotatable bonds is 13. The normalized spacial score (nSPS) is 12.1. The molecule has 0 saturated heterocycles. The molecule has 1 unspecified atom stereocenters. The zero-order valence-electron chi connectivity index (χ0n) is 19.2. The lowest BCUT2D eigenvalue weighted by molar-refractivity contribution is 0.138. The third kappa shape index (κ3) is 12.3. The molecule has 1 aromatic rings.